The first kappa shape index (κ1) is 40.6. The average Bonchev–Trinajstić information content (AvgIpc) is 2.69. The van der Waals surface area contributed by atoms with E-state index in [0.717, 1.165) is 0 Å². The van der Waals surface area contributed by atoms with Crippen LogP contribution in [0.15, 0.2) is 0 Å². The van der Waals surface area contributed by atoms with Gasteiger partial charge in [-0.1, -0.05) is 48.6 Å². The number of hydrogen-bond acceptors (Lipinski definition) is 5. The van der Waals surface area contributed by atoms with Crippen LogP contribution in [0.4, 0.5) is 4.79 Å². The molecule has 0 aliphatic carbocycles. The van der Waals surface area contributed by atoms with Gasteiger partial charge in [-0.15, -0.1) is 0 Å². The summed E-state index contributed by atoms with van der Waals surface area (Å²) >= 11 is 0. The van der Waals surface area contributed by atoms with Crippen molar-refractivity contribution in [2.24, 2.45) is 11.8 Å². The van der Waals surface area contributed by atoms with Gasteiger partial charge in [0, 0.05) is 51.8 Å². The summed E-state index contributed by atoms with van der Waals surface area (Å²) in [4.78, 5) is 34.4. The molecular formula is C23H47N2O5W-3. The maximum Gasteiger partial charge on any atom is 0.153 e. The molecule has 0 radical (unpaired) electrons. The van der Waals surface area contributed by atoms with Crippen LogP contribution >= 0.6 is 0 Å². The molecule has 0 unspecified atom stereocenters. The van der Waals surface area contributed by atoms with Gasteiger partial charge in [0.25, 0.3) is 0 Å². The quantitative estimate of drug-likeness (QED) is 0.232. The fourth-order valence-corrected chi connectivity index (χ4v) is 1.74. The van der Waals surface area contributed by atoms with Gasteiger partial charge in [-0.2, -0.15) is 13.8 Å². The van der Waals surface area contributed by atoms with Gasteiger partial charge >= 0.3 is 0 Å². The molecule has 1 N–H and O–H groups in total. The number of urea groups is 1. The van der Waals surface area contributed by atoms with Crippen LogP contribution in [0.25, 0.3) is 5.32 Å². The molecular weight excluding hydrogens is 568 g/mol. The number of hydrogen-bond donors (Lipinski definition) is 1. The summed E-state index contributed by atoms with van der Waals surface area (Å²) in [6.45, 7) is 16.5. The van der Waals surface area contributed by atoms with Gasteiger partial charge in [0.2, 0.25) is 0 Å². The number of ether oxygens (including phenoxy) is 2. The SMILES string of the molecule is CC.C[CH-]C.C[N-]C(=O)NC(COCCC(=O)C(C)C)COCCC(=O)C(C)C.[CH3-].[W]. The first-order valence-electron chi connectivity index (χ1n) is 10.5. The third-order valence-electron chi connectivity index (χ3n) is 3.44. The second-order valence-corrected chi connectivity index (χ2v) is 6.84. The molecule has 0 fully saturated rings. The molecule has 2 amide bonds. The van der Waals surface area contributed by atoms with Crippen LogP contribution in [0, 0.1) is 25.7 Å². The van der Waals surface area contributed by atoms with E-state index in [1.807, 2.05) is 61.8 Å². The summed E-state index contributed by atoms with van der Waals surface area (Å²) in [5, 5.41) is 6.18. The number of nitrogens with one attached hydrogen (secondary N) is 1. The maximum atomic E-state index is 11.5. The summed E-state index contributed by atoms with van der Waals surface area (Å²) in [6, 6.07) is -0.826. The fourth-order valence-electron chi connectivity index (χ4n) is 1.74. The zero-order chi connectivity index (χ0) is 23.2. The summed E-state index contributed by atoms with van der Waals surface area (Å²) in [5.41, 5.74) is 0. The van der Waals surface area contributed by atoms with E-state index in [4.69, 9.17) is 9.47 Å². The number of Topliss-reactive ketones (excluding diaryl/α,β-unsaturated/α-hetero) is 2. The second-order valence-electron chi connectivity index (χ2n) is 6.84. The Labute approximate surface area is 206 Å². The van der Waals surface area contributed by atoms with Gasteiger partial charge in [0.1, 0.15) is 11.6 Å². The predicted molar refractivity (Wildman–Crippen MR) is 126 cm³/mol. The van der Waals surface area contributed by atoms with Crippen LogP contribution in [-0.4, -0.2) is 57.1 Å². The molecule has 0 spiro atoms. The van der Waals surface area contributed by atoms with E-state index in [1.165, 1.54) is 7.05 Å². The van der Waals surface area contributed by atoms with Crippen LogP contribution in [0.5, 0.6) is 0 Å². The summed E-state index contributed by atoms with van der Waals surface area (Å²) in [5.74, 6) is 0.264. The van der Waals surface area contributed by atoms with E-state index < -0.39 is 6.03 Å². The molecule has 0 saturated heterocycles. The molecule has 0 bridgehead atoms. The van der Waals surface area contributed by atoms with Crippen LogP contribution in [0.3, 0.4) is 0 Å². The zero-order valence-electron chi connectivity index (χ0n) is 21.4. The van der Waals surface area contributed by atoms with Crippen LogP contribution < -0.4 is 5.32 Å². The Kier molecular flexibility index (Phi) is 38.2. The van der Waals surface area contributed by atoms with Crippen LogP contribution in [0.2, 0.25) is 0 Å². The Bertz CT molecular complexity index is 391. The summed E-state index contributed by atoms with van der Waals surface area (Å²) in [7, 11) is 1.40. The topological polar surface area (TPSA) is 95.8 Å². The van der Waals surface area contributed by atoms with Crippen molar-refractivity contribution in [3.63, 3.8) is 0 Å². The second kappa shape index (κ2) is 29.2. The Morgan fingerprint density at radius 2 is 1.19 bits per heavy atom. The standard InChI is InChI=1S/C17H32N2O5.C3H7.C2H6.CH3.W/c1-12(2)15(20)6-8-23-10-14(19-17(22)18-5)11-24-9-7-16(21)13(3)4;1-3-2;1-2;;/h12-14H,6-11H2,1-5H3,(H2,18,19,22);3H,1-2H3;1-2H3;1H3;/q;-1;;-1;/p-1. The number of rotatable bonds is 13. The number of carbonyl (C=O) groups is 3. The summed E-state index contributed by atoms with van der Waals surface area (Å²) < 4.78 is 10.9. The molecule has 188 valence electrons. The molecule has 0 saturated carbocycles. The van der Waals surface area contributed by atoms with Crippen molar-refractivity contribution < 1.29 is 44.9 Å². The molecule has 8 heteroatoms. The number of ketones is 2. The van der Waals surface area contributed by atoms with Crippen molar-refractivity contribution >= 4 is 17.6 Å². The molecule has 31 heavy (non-hydrogen) atoms. The molecule has 0 heterocycles. The van der Waals surface area contributed by atoms with Gasteiger partial charge in [-0.3, -0.25) is 14.4 Å². The zero-order valence-corrected chi connectivity index (χ0v) is 24.4. The molecule has 0 atom stereocenters. The maximum absolute atomic E-state index is 11.5. The minimum absolute atomic E-state index is 0. The molecule has 7 nitrogen and oxygen atoms in total. The van der Waals surface area contributed by atoms with Gasteiger partial charge in [-0.25, -0.2) is 0 Å². The van der Waals surface area contributed by atoms with Gasteiger partial charge in [0.05, 0.1) is 26.4 Å². The van der Waals surface area contributed by atoms with Crippen molar-refractivity contribution in [1.29, 1.82) is 0 Å². The third-order valence-corrected chi connectivity index (χ3v) is 3.44. The molecule has 0 aromatic carbocycles. The van der Waals surface area contributed by atoms with E-state index in [2.05, 4.69) is 10.6 Å². The third kappa shape index (κ3) is 29.2. The largest absolute Gasteiger partial charge is 0.442 e. The van der Waals surface area contributed by atoms with Crippen LogP contribution in [-0.2, 0) is 40.1 Å². The number of carbonyl (C=O) groups excluding carboxylic acids is 3. The molecule has 0 aromatic rings. The van der Waals surface area contributed by atoms with Gasteiger partial charge < -0.3 is 34.0 Å². The minimum atomic E-state index is -0.455. The van der Waals surface area contributed by atoms with Crippen molar-refractivity contribution in [2.45, 2.75) is 74.3 Å². The average molecular weight is 615 g/mol. The molecule has 0 aliphatic rings. The van der Waals surface area contributed by atoms with Crippen LogP contribution in [0.1, 0.15) is 68.2 Å². The number of amides is 2. The molecule has 0 aliphatic heterocycles. The fraction of sp³-hybridized carbons (Fsp3) is 0.783. The van der Waals surface area contributed by atoms with E-state index in [1.54, 1.807) is 0 Å². The molecule has 0 rings (SSSR count). The Balaban J connectivity index is -0.000000294. The Morgan fingerprint density at radius 3 is 1.45 bits per heavy atom. The van der Waals surface area contributed by atoms with Crippen molar-refractivity contribution in [3.8, 4) is 0 Å². The van der Waals surface area contributed by atoms with E-state index in [0.29, 0.717) is 26.1 Å². The van der Waals surface area contributed by atoms with Gasteiger partial charge in [0.15, 0.2) is 6.03 Å². The van der Waals surface area contributed by atoms with Crippen molar-refractivity contribution in [3.05, 3.63) is 19.2 Å². The monoisotopic (exact) mass is 615 g/mol. The van der Waals surface area contributed by atoms with E-state index >= 15 is 0 Å². The first-order chi connectivity index (χ1) is 13.7. The predicted octanol–water partition coefficient (Wildman–Crippen LogP) is 5.04. The van der Waals surface area contributed by atoms with E-state index in [9.17, 15) is 14.4 Å². The Morgan fingerprint density at radius 1 is 0.871 bits per heavy atom. The Hall–Kier alpha value is -0.782. The normalized spacial score (nSPS) is 9.42. The van der Waals surface area contributed by atoms with E-state index in [-0.39, 0.29) is 71.1 Å². The summed E-state index contributed by atoms with van der Waals surface area (Å²) in [6.07, 6.45) is 2.69. The minimum Gasteiger partial charge on any atom is -0.442 e. The van der Waals surface area contributed by atoms with Crippen molar-refractivity contribution in [1.82, 2.24) is 5.32 Å². The molecule has 0 aromatic heterocycles. The van der Waals surface area contributed by atoms with Crippen molar-refractivity contribution in [2.75, 3.05) is 33.5 Å². The smallest absolute Gasteiger partial charge is 0.153 e. The first-order valence-corrected chi connectivity index (χ1v) is 10.5. The number of nitrogens with zero attached hydrogens (tertiary/aromatic N) is 1. The van der Waals surface area contributed by atoms with Gasteiger partial charge in [-0.05, 0) is 0 Å².